The molecule has 2 rings (SSSR count). The summed E-state index contributed by atoms with van der Waals surface area (Å²) in [6.07, 6.45) is 0.848. The van der Waals surface area contributed by atoms with Crippen molar-refractivity contribution in [1.29, 1.82) is 0 Å². The van der Waals surface area contributed by atoms with Gasteiger partial charge >= 0.3 is 0 Å². The van der Waals surface area contributed by atoms with Crippen LogP contribution in [0.5, 0.6) is 11.5 Å². The highest BCUT2D eigenvalue weighted by Crippen LogP contribution is 2.37. The van der Waals surface area contributed by atoms with E-state index in [1.54, 1.807) is 14.2 Å². The van der Waals surface area contributed by atoms with E-state index in [2.05, 4.69) is 11.9 Å². The zero-order valence-corrected chi connectivity index (χ0v) is 11.8. The predicted molar refractivity (Wildman–Crippen MR) is 74.0 cm³/mol. The predicted octanol–water partition coefficient (Wildman–Crippen LogP) is 3.78. The third kappa shape index (κ3) is 1.99. The second-order valence-corrected chi connectivity index (χ2v) is 4.45. The Bertz CT molecular complexity index is 596. The molecule has 18 heavy (non-hydrogen) atoms. The Morgan fingerprint density at radius 3 is 2.50 bits per heavy atom. The van der Waals surface area contributed by atoms with Crippen LogP contribution in [0.25, 0.3) is 10.9 Å². The highest BCUT2D eigenvalue weighted by molar-refractivity contribution is 6.36. The maximum absolute atomic E-state index is 6.43. The summed E-state index contributed by atoms with van der Waals surface area (Å²) in [4.78, 5) is 4.63. The minimum Gasteiger partial charge on any atom is -0.497 e. The smallest absolute Gasteiger partial charge is 0.133 e. The fourth-order valence-corrected chi connectivity index (χ4v) is 2.35. The first kappa shape index (κ1) is 13.0. The van der Waals surface area contributed by atoms with Crippen LogP contribution in [0, 0.1) is 6.92 Å². The standard InChI is InChI=1S/C14H16ClNO2/c1-5-10-8(2)14(15)13-11(16-10)6-9(17-3)7-12(13)18-4/h6-7H,5H2,1-4H3. The Balaban J connectivity index is 2.87. The van der Waals surface area contributed by atoms with Gasteiger partial charge in [-0.25, -0.2) is 0 Å². The number of rotatable bonds is 3. The average molecular weight is 266 g/mol. The Morgan fingerprint density at radius 2 is 1.94 bits per heavy atom. The number of aromatic nitrogens is 1. The third-order valence-corrected chi connectivity index (χ3v) is 3.55. The van der Waals surface area contributed by atoms with Gasteiger partial charge in [-0.1, -0.05) is 18.5 Å². The maximum atomic E-state index is 6.43. The summed E-state index contributed by atoms with van der Waals surface area (Å²) in [5.41, 5.74) is 2.82. The topological polar surface area (TPSA) is 31.4 Å². The summed E-state index contributed by atoms with van der Waals surface area (Å²) in [5, 5.41) is 1.55. The molecule has 0 saturated carbocycles. The van der Waals surface area contributed by atoms with Crippen LogP contribution in [0.2, 0.25) is 5.02 Å². The molecular formula is C14H16ClNO2. The molecule has 0 saturated heterocycles. The minimum atomic E-state index is 0.688. The van der Waals surface area contributed by atoms with Gasteiger partial charge in [0.15, 0.2) is 0 Å². The van der Waals surface area contributed by atoms with Crippen LogP contribution in [-0.4, -0.2) is 19.2 Å². The molecule has 0 unspecified atom stereocenters. The number of aryl methyl sites for hydroxylation is 1. The lowest BCUT2D eigenvalue weighted by Crippen LogP contribution is -1.97. The first-order valence-electron chi connectivity index (χ1n) is 5.83. The third-order valence-electron chi connectivity index (χ3n) is 3.08. The summed E-state index contributed by atoms with van der Waals surface area (Å²) < 4.78 is 10.6. The monoisotopic (exact) mass is 265 g/mol. The average Bonchev–Trinajstić information content (AvgIpc) is 2.41. The van der Waals surface area contributed by atoms with Gasteiger partial charge in [0.05, 0.1) is 30.1 Å². The molecule has 0 amide bonds. The van der Waals surface area contributed by atoms with Gasteiger partial charge in [-0.05, 0) is 18.9 Å². The summed E-state index contributed by atoms with van der Waals surface area (Å²) in [6.45, 7) is 4.05. The molecule has 0 radical (unpaired) electrons. The number of ether oxygens (including phenoxy) is 2. The highest BCUT2D eigenvalue weighted by atomic mass is 35.5. The zero-order chi connectivity index (χ0) is 13.3. The van der Waals surface area contributed by atoms with Crippen LogP contribution in [0.3, 0.4) is 0 Å². The van der Waals surface area contributed by atoms with Gasteiger partial charge in [0, 0.05) is 17.8 Å². The van der Waals surface area contributed by atoms with Crippen molar-refractivity contribution >= 4 is 22.5 Å². The zero-order valence-electron chi connectivity index (χ0n) is 11.0. The summed E-state index contributed by atoms with van der Waals surface area (Å²) in [7, 11) is 3.24. The van der Waals surface area contributed by atoms with Gasteiger partial charge in [-0.3, -0.25) is 4.98 Å². The molecule has 1 aromatic heterocycles. The Labute approximate surface area is 112 Å². The summed E-state index contributed by atoms with van der Waals surface area (Å²) in [6, 6.07) is 3.70. The Kier molecular flexibility index (Phi) is 3.62. The van der Waals surface area contributed by atoms with Gasteiger partial charge in [0.1, 0.15) is 11.5 Å². The van der Waals surface area contributed by atoms with Crippen LogP contribution < -0.4 is 9.47 Å². The second-order valence-electron chi connectivity index (χ2n) is 4.07. The van der Waals surface area contributed by atoms with E-state index >= 15 is 0 Å². The van der Waals surface area contributed by atoms with Crippen molar-refractivity contribution in [2.75, 3.05) is 14.2 Å². The van der Waals surface area contributed by atoms with Gasteiger partial charge < -0.3 is 9.47 Å². The van der Waals surface area contributed by atoms with Crippen LogP contribution in [0.15, 0.2) is 12.1 Å². The molecular weight excluding hydrogens is 250 g/mol. The lowest BCUT2D eigenvalue weighted by Gasteiger charge is -2.13. The number of nitrogens with zero attached hydrogens (tertiary/aromatic N) is 1. The molecule has 2 aromatic rings. The molecule has 4 heteroatoms. The molecule has 0 aliphatic heterocycles. The van der Waals surface area contributed by atoms with Crippen LogP contribution in [-0.2, 0) is 6.42 Å². The number of halogens is 1. The number of methoxy groups -OCH3 is 2. The van der Waals surface area contributed by atoms with E-state index in [9.17, 15) is 0 Å². The first-order valence-corrected chi connectivity index (χ1v) is 6.20. The molecule has 0 bridgehead atoms. The molecule has 0 N–H and O–H groups in total. The van der Waals surface area contributed by atoms with E-state index in [4.69, 9.17) is 21.1 Å². The van der Waals surface area contributed by atoms with Crippen molar-refractivity contribution in [3.8, 4) is 11.5 Å². The fraction of sp³-hybridized carbons (Fsp3) is 0.357. The summed E-state index contributed by atoms with van der Waals surface area (Å²) >= 11 is 6.43. The second kappa shape index (κ2) is 5.02. The number of hydrogen-bond acceptors (Lipinski definition) is 3. The van der Waals surface area contributed by atoms with Crippen LogP contribution >= 0.6 is 11.6 Å². The quantitative estimate of drug-likeness (QED) is 0.846. The maximum Gasteiger partial charge on any atom is 0.133 e. The van der Waals surface area contributed by atoms with E-state index in [0.29, 0.717) is 16.5 Å². The van der Waals surface area contributed by atoms with E-state index in [1.807, 2.05) is 19.1 Å². The van der Waals surface area contributed by atoms with Crippen LogP contribution in [0.1, 0.15) is 18.2 Å². The molecule has 0 aliphatic rings. The number of pyridine rings is 1. The van der Waals surface area contributed by atoms with Crippen molar-refractivity contribution in [2.45, 2.75) is 20.3 Å². The summed E-state index contributed by atoms with van der Waals surface area (Å²) in [5.74, 6) is 1.40. The highest BCUT2D eigenvalue weighted by Gasteiger charge is 2.14. The number of hydrogen-bond donors (Lipinski definition) is 0. The minimum absolute atomic E-state index is 0.688. The molecule has 1 heterocycles. The molecule has 3 nitrogen and oxygen atoms in total. The molecule has 0 atom stereocenters. The van der Waals surface area contributed by atoms with Crippen LogP contribution in [0.4, 0.5) is 0 Å². The Hall–Kier alpha value is -1.48. The largest absolute Gasteiger partial charge is 0.497 e. The molecule has 0 aliphatic carbocycles. The number of benzene rings is 1. The SMILES string of the molecule is CCc1nc2cc(OC)cc(OC)c2c(Cl)c1C. The van der Waals surface area contributed by atoms with E-state index in [1.165, 1.54) is 0 Å². The van der Waals surface area contributed by atoms with E-state index in [-0.39, 0.29) is 0 Å². The van der Waals surface area contributed by atoms with Crippen molar-refractivity contribution in [3.63, 3.8) is 0 Å². The lowest BCUT2D eigenvalue weighted by atomic mass is 10.1. The van der Waals surface area contributed by atoms with Crippen molar-refractivity contribution in [1.82, 2.24) is 4.98 Å². The van der Waals surface area contributed by atoms with Gasteiger partial charge in [0.25, 0.3) is 0 Å². The van der Waals surface area contributed by atoms with E-state index < -0.39 is 0 Å². The molecule has 1 aromatic carbocycles. The number of fused-ring (bicyclic) bond motifs is 1. The van der Waals surface area contributed by atoms with Gasteiger partial charge in [-0.15, -0.1) is 0 Å². The van der Waals surface area contributed by atoms with Crippen molar-refractivity contribution in [3.05, 3.63) is 28.4 Å². The lowest BCUT2D eigenvalue weighted by molar-refractivity contribution is 0.398. The van der Waals surface area contributed by atoms with Crippen molar-refractivity contribution < 1.29 is 9.47 Å². The van der Waals surface area contributed by atoms with Crippen molar-refractivity contribution in [2.24, 2.45) is 0 Å². The van der Waals surface area contributed by atoms with E-state index in [0.717, 1.165) is 28.6 Å². The molecule has 0 fully saturated rings. The van der Waals surface area contributed by atoms with Gasteiger partial charge in [0.2, 0.25) is 0 Å². The van der Waals surface area contributed by atoms with Gasteiger partial charge in [-0.2, -0.15) is 0 Å². The Morgan fingerprint density at radius 1 is 1.22 bits per heavy atom. The molecule has 96 valence electrons. The normalized spacial score (nSPS) is 10.7. The molecule has 0 spiro atoms. The fourth-order valence-electron chi connectivity index (χ4n) is 2.05. The first-order chi connectivity index (χ1) is 8.62.